The van der Waals surface area contributed by atoms with Gasteiger partial charge in [-0.25, -0.2) is 0 Å². The number of ether oxygens (including phenoxy) is 1. The van der Waals surface area contributed by atoms with Gasteiger partial charge in [-0.2, -0.15) is 0 Å². The monoisotopic (exact) mass is 285 g/mol. The number of carbonyl (C=O) groups excluding carboxylic acids is 1. The molecule has 0 fully saturated rings. The third-order valence-corrected chi connectivity index (χ3v) is 2.96. The number of carbonyl (C=O) groups is 1. The topological polar surface area (TPSA) is 78.1 Å². The number of benzene rings is 1. The third-order valence-electron chi connectivity index (χ3n) is 2.96. The maximum atomic E-state index is 12.1. The second-order valence-electron chi connectivity index (χ2n) is 4.69. The lowest BCUT2D eigenvalue weighted by Crippen LogP contribution is -2.11. The normalized spacial score (nSPS) is 10.3. The van der Waals surface area contributed by atoms with Crippen molar-refractivity contribution in [3.63, 3.8) is 0 Å². The summed E-state index contributed by atoms with van der Waals surface area (Å²) in [5.41, 5.74) is 7.03. The Labute approximate surface area is 124 Å². The lowest BCUT2D eigenvalue weighted by atomic mass is 10.0. The lowest BCUT2D eigenvalue weighted by molar-refractivity contribution is -0.117. The number of para-hydroxylation sites is 1. The van der Waals surface area contributed by atoms with Crippen LogP contribution < -0.4 is 10.5 Å². The summed E-state index contributed by atoms with van der Waals surface area (Å²) in [7, 11) is 0. The van der Waals surface area contributed by atoms with Gasteiger partial charge in [0.1, 0.15) is 11.5 Å². The summed E-state index contributed by atoms with van der Waals surface area (Å²) in [6.45, 7) is 1.15. The second kappa shape index (κ2) is 8.11. The smallest absolute Gasteiger partial charge is 0.143 e. The molecule has 0 atom stereocenters. The van der Waals surface area contributed by atoms with E-state index in [2.05, 4.69) is 9.97 Å². The van der Waals surface area contributed by atoms with Gasteiger partial charge in [-0.05, 0) is 19.0 Å². The number of nitrogens with zero attached hydrogens (tertiary/aromatic N) is 2. The highest BCUT2D eigenvalue weighted by molar-refractivity contribution is 5.83. The van der Waals surface area contributed by atoms with Crippen molar-refractivity contribution in [2.45, 2.75) is 19.3 Å². The maximum Gasteiger partial charge on any atom is 0.143 e. The molecule has 0 radical (unpaired) electrons. The summed E-state index contributed by atoms with van der Waals surface area (Å²) in [5, 5.41) is 0. The van der Waals surface area contributed by atoms with Gasteiger partial charge in [-0.15, -0.1) is 0 Å². The Balaban J connectivity index is 1.97. The molecule has 0 spiro atoms. The average Bonchev–Trinajstić information content (AvgIpc) is 2.50. The van der Waals surface area contributed by atoms with Gasteiger partial charge in [-0.1, -0.05) is 18.2 Å². The number of nitrogens with two attached hydrogens (primary N) is 1. The predicted molar refractivity (Wildman–Crippen MR) is 80.1 cm³/mol. The molecule has 0 aliphatic rings. The molecule has 0 amide bonds. The van der Waals surface area contributed by atoms with E-state index >= 15 is 0 Å². The molecule has 0 saturated heterocycles. The van der Waals surface area contributed by atoms with Crippen LogP contribution in [-0.2, 0) is 17.6 Å². The summed E-state index contributed by atoms with van der Waals surface area (Å²) in [4.78, 5) is 20.2. The molecule has 0 saturated carbocycles. The van der Waals surface area contributed by atoms with Crippen molar-refractivity contribution in [1.82, 2.24) is 9.97 Å². The molecule has 0 unspecified atom stereocenters. The number of ketones is 1. The van der Waals surface area contributed by atoms with Crippen LogP contribution in [0.2, 0.25) is 0 Å². The molecule has 21 heavy (non-hydrogen) atoms. The lowest BCUT2D eigenvalue weighted by Gasteiger charge is -2.10. The predicted octanol–water partition coefficient (Wildman–Crippen LogP) is 1.56. The van der Waals surface area contributed by atoms with Crippen molar-refractivity contribution in [3.8, 4) is 5.75 Å². The minimum absolute atomic E-state index is 0.0883. The average molecular weight is 285 g/mol. The van der Waals surface area contributed by atoms with Crippen LogP contribution in [0.1, 0.15) is 17.7 Å². The van der Waals surface area contributed by atoms with Gasteiger partial charge >= 0.3 is 0 Å². The van der Waals surface area contributed by atoms with Crippen LogP contribution in [0.3, 0.4) is 0 Å². The summed E-state index contributed by atoms with van der Waals surface area (Å²) < 4.78 is 5.67. The number of aromatic nitrogens is 2. The zero-order valence-electron chi connectivity index (χ0n) is 11.9. The first-order chi connectivity index (χ1) is 10.3. The van der Waals surface area contributed by atoms with E-state index in [0.29, 0.717) is 25.3 Å². The van der Waals surface area contributed by atoms with E-state index in [4.69, 9.17) is 10.5 Å². The first-order valence-electron chi connectivity index (χ1n) is 6.97. The summed E-state index contributed by atoms with van der Waals surface area (Å²) in [6, 6.07) is 7.59. The molecule has 0 bridgehead atoms. The molecule has 1 aromatic carbocycles. The molecule has 1 heterocycles. The molecule has 2 aromatic rings. The highest BCUT2D eigenvalue weighted by atomic mass is 16.5. The van der Waals surface area contributed by atoms with Gasteiger partial charge in [0.05, 0.1) is 18.7 Å². The van der Waals surface area contributed by atoms with E-state index in [1.807, 2.05) is 24.3 Å². The Morgan fingerprint density at radius 2 is 2.05 bits per heavy atom. The Hall–Kier alpha value is -2.27. The highest BCUT2D eigenvalue weighted by Crippen LogP contribution is 2.19. The number of hydrogen-bond acceptors (Lipinski definition) is 5. The zero-order valence-corrected chi connectivity index (χ0v) is 11.9. The number of hydrogen-bond donors (Lipinski definition) is 1. The molecule has 2 rings (SSSR count). The van der Waals surface area contributed by atoms with Gasteiger partial charge in [0.2, 0.25) is 0 Å². The van der Waals surface area contributed by atoms with Crippen molar-refractivity contribution in [2.75, 3.05) is 13.2 Å². The summed E-state index contributed by atoms with van der Waals surface area (Å²) in [6.07, 6.45) is 6.20. The van der Waals surface area contributed by atoms with E-state index in [0.717, 1.165) is 17.7 Å². The Bertz CT molecular complexity index is 573. The molecule has 5 heteroatoms. The van der Waals surface area contributed by atoms with Gasteiger partial charge in [0.15, 0.2) is 0 Å². The third kappa shape index (κ3) is 4.96. The van der Waals surface area contributed by atoms with Crippen molar-refractivity contribution in [3.05, 3.63) is 54.1 Å². The van der Waals surface area contributed by atoms with Gasteiger partial charge < -0.3 is 10.5 Å². The van der Waals surface area contributed by atoms with Crippen LogP contribution >= 0.6 is 0 Å². The molecule has 110 valence electrons. The Kier molecular flexibility index (Phi) is 5.84. The quantitative estimate of drug-likeness (QED) is 0.745. The standard InChI is InChI=1S/C16H19N3O2/c17-6-3-9-21-16-5-2-1-4-13(16)10-15(20)11-14-12-18-7-8-19-14/h1-2,4-5,7-8,12H,3,6,9-11,17H2. The highest BCUT2D eigenvalue weighted by Gasteiger charge is 2.10. The first-order valence-corrected chi connectivity index (χ1v) is 6.97. The van der Waals surface area contributed by atoms with Crippen LogP contribution in [0.25, 0.3) is 0 Å². The minimum atomic E-state index is 0.0883. The Morgan fingerprint density at radius 3 is 2.81 bits per heavy atom. The first kappa shape index (κ1) is 15.1. The van der Waals surface area contributed by atoms with E-state index in [1.54, 1.807) is 18.6 Å². The Morgan fingerprint density at radius 1 is 1.19 bits per heavy atom. The minimum Gasteiger partial charge on any atom is -0.493 e. The van der Waals surface area contributed by atoms with E-state index in [1.165, 1.54) is 0 Å². The molecule has 0 aliphatic heterocycles. The van der Waals surface area contributed by atoms with Gasteiger partial charge in [0.25, 0.3) is 0 Å². The molecular weight excluding hydrogens is 266 g/mol. The number of rotatable bonds is 8. The van der Waals surface area contributed by atoms with Gasteiger partial charge in [-0.3, -0.25) is 14.8 Å². The molecule has 2 N–H and O–H groups in total. The largest absolute Gasteiger partial charge is 0.493 e. The number of Topliss-reactive ketones (excluding diaryl/α,β-unsaturated/α-hetero) is 1. The zero-order chi connectivity index (χ0) is 14.9. The molecular formula is C16H19N3O2. The fourth-order valence-electron chi connectivity index (χ4n) is 1.95. The maximum absolute atomic E-state index is 12.1. The van der Waals surface area contributed by atoms with Crippen molar-refractivity contribution in [1.29, 1.82) is 0 Å². The van der Waals surface area contributed by atoms with Gasteiger partial charge in [0, 0.05) is 30.6 Å². The molecule has 0 aliphatic carbocycles. The fraction of sp³-hybridized carbons (Fsp3) is 0.312. The molecule has 1 aromatic heterocycles. The van der Waals surface area contributed by atoms with E-state index in [-0.39, 0.29) is 12.2 Å². The second-order valence-corrected chi connectivity index (χ2v) is 4.69. The van der Waals surface area contributed by atoms with Crippen molar-refractivity contribution >= 4 is 5.78 Å². The van der Waals surface area contributed by atoms with Crippen LogP contribution in [0.5, 0.6) is 5.75 Å². The molecule has 5 nitrogen and oxygen atoms in total. The van der Waals surface area contributed by atoms with E-state index < -0.39 is 0 Å². The van der Waals surface area contributed by atoms with Crippen molar-refractivity contribution in [2.24, 2.45) is 5.73 Å². The van der Waals surface area contributed by atoms with Crippen molar-refractivity contribution < 1.29 is 9.53 Å². The summed E-state index contributed by atoms with van der Waals surface area (Å²) >= 11 is 0. The summed E-state index contributed by atoms with van der Waals surface area (Å²) in [5.74, 6) is 0.837. The van der Waals surface area contributed by atoms with E-state index in [9.17, 15) is 4.79 Å². The van der Waals surface area contributed by atoms with Crippen LogP contribution in [-0.4, -0.2) is 28.9 Å². The SMILES string of the molecule is NCCCOc1ccccc1CC(=O)Cc1cnccn1. The van der Waals surface area contributed by atoms with Crippen LogP contribution in [0, 0.1) is 0 Å². The fourth-order valence-corrected chi connectivity index (χ4v) is 1.95. The van der Waals surface area contributed by atoms with Crippen LogP contribution in [0.4, 0.5) is 0 Å². The van der Waals surface area contributed by atoms with Crippen LogP contribution in [0.15, 0.2) is 42.9 Å².